The Hall–Kier alpha value is -2.95. The Labute approximate surface area is 141 Å². The fourth-order valence-electron chi connectivity index (χ4n) is 2.78. The maximum absolute atomic E-state index is 12.0. The average Bonchev–Trinajstić information content (AvgIpc) is 2.98. The number of hydrogen-bond donors (Lipinski definition) is 3. The molecule has 24 heavy (non-hydrogen) atoms. The van der Waals surface area contributed by atoms with Gasteiger partial charge >= 0.3 is 6.03 Å². The Morgan fingerprint density at radius 3 is 2.83 bits per heavy atom. The summed E-state index contributed by atoms with van der Waals surface area (Å²) in [6.45, 7) is 2.52. The molecule has 0 aliphatic carbocycles. The Balaban J connectivity index is 1.53. The molecule has 2 amide bonds. The van der Waals surface area contributed by atoms with Gasteiger partial charge in [-0.3, -0.25) is 0 Å². The predicted octanol–water partition coefficient (Wildman–Crippen LogP) is 3.85. The van der Waals surface area contributed by atoms with E-state index in [4.69, 9.17) is 4.74 Å². The van der Waals surface area contributed by atoms with Gasteiger partial charge in [0, 0.05) is 29.3 Å². The Kier molecular flexibility index (Phi) is 4.70. The fourth-order valence-corrected chi connectivity index (χ4v) is 2.78. The minimum absolute atomic E-state index is 0.209. The molecule has 0 aliphatic rings. The molecular weight excluding hydrogens is 302 g/mol. The zero-order chi connectivity index (χ0) is 16.9. The van der Waals surface area contributed by atoms with Crippen LogP contribution in [0.4, 0.5) is 10.5 Å². The summed E-state index contributed by atoms with van der Waals surface area (Å²) in [5.41, 5.74) is 4.05. The Bertz CT molecular complexity index is 855. The van der Waals surface area contributed by atoms with E-state index in [9.17, 15) is 4.79 Å². The van der Waals surface area contributed by atoms with Gasteiger partial charge in [0.1, 0.15) is 5.75 Å². The number of hydrogen-bond acceptors (Lipinski definition) is 2. The van der Waals surface area contributed by atoms with Crippen LogP contribution in [0.5, 0.6) is 5.75 Å². The van der Waals surface area contributed by atoms with E-state index in [2.05, 4.69) is 21.7 Å². The first-order chi connectivity index (χ1) is 11.7. The summed E-state index contributed by atoms with van der Waals surface area (Å²) in [5.74, 6) is 0.806. The molecule has 0 aliphatic heterocycles. The van der Waals surface area contributed by atoms with E-state index in [-0.39, 0.29) is 6.03 Å². The normalized spacial score (nSPS) is 10.6. The third-order valence-corrected chi connectivity index (χ3v) is 4.01. The first kappa shape index (κ1) is 15.9. The van der Waals surface area contributed by atoms with Crippen molar-refractivity contribution in [2.45, 2.75) is 13.3 Å². The van der Waals surface area contributed by atoms with Crippen LogP contribution in [0, 0.1) is 6.92 Å². The summed E-state index contributed by atoms with van der Waals surface area (Å²) in [6, 6.07) is 13.5. The maximum Gasteiger partial charge on any atom is 0.319 e. The van der Waals surface area contributed by atoms with Gasteiger partial charge in [-0.25, -0.2) is 4.79 Å². The van der Waals surface area contributed by atoms with Gasteiger partial charge in [0.15, 0.2) is 0 Å². The smallest absolute Gasteiger partial charge is 0.319 e. The lowest BCUT2D eigenvalue weighted by molar-refractivity contribution is 0.252. The van der Waals surface area contributed by atoms with Gasteiger partial charge < -0.3 is 20.4 Å². The first-order valence-corrected chi connectivity index (χ1v) is 7.92. The molecule has 1 heterocycles. The number of nitrogens with one attached hydrogen (secondary N) is 3. The minimum atomic E-state index is -0.209. The zero-order valence-corrected chi connectivity index (χ0v) is 13.8. The molecule has 3 rings (SSSR count). The van der Waals surface area contributed by atoms with Gasteiger partial charge in [0.25, 0.3) is 0 Å². The maximum atomic E-state index is 12.0. The highest BCUT2D eigenvalue weighted by atomic mass is 16.5. The van der Waals surface area contributed by atoms with Gasteiger partial charge in [-0.05, 0) is 48.7 Å². The third kappa shape index (κ3) is 3.51. The molecule has 3 aromatic rings. The highest BCUT2D eigenvalue weighted by Crippen LogP contribution is 2.21. The minimum Gasteiger partial charge on any atom is -0.496 e. The van der Waals surface area contributed by atoms with E-state index in [1.807, 2.05) is 49.5 Å². The third-order valence-electron chi connectivity index (χ3n) is 4.01. The molecule has 124 valence electrons. The second kappa shape index (κ2) is 7.08. The van der Waals surface area contributed by atoms with Crippen molar-refractivity contribution in [1.29, 1.82) is 0 Å². The van der Waals surface area contributed by atoms with Crippen molar-refractivity contribution in [2.24, 2.45) is 0 Å². The van der Waals surface area contributed by atoms with E-state index in [0.29, 0.717) is 6.54 Å². The van der Waals surface area contributed by atoms with Crippen LogP contribution in [0.25, 0.3) is 10.9 Å². The van der Waals surface area contributed by atoms with Crippen LogP contribution in [0.3, 0.4) is 0 Å². The summed E-state index contributed by atoms with van der Waals surface area (Å²) in [6.07, 6.45) is 2.77. The first-order valence-electron chi connectivity index (χ1n) is 7.92. The summed E-state index contributed by atoms with van der Waals surface area (Å²) in [7, 11) is 1.63. The van der Waals surface area contributed by atoms with Crippen molar-refractivity contribution in [3.63, 3.8) is 0 Å². The summed E-state index contributed by atoms with van der Waals surface area (Å²) in [4.78, 5) is 15.3. The van der Waals surface area contributed by atoms with Crippen molar-refractivity contribution in [3.8, 4) is 5.75 Å². The number of H-pyrrole nitrogens is 1. The second-order valence-corrected chi connectivity index (χ2v) is 5.67. The molecule has 0 radical (unpaired) electrons. The quantitative estimate of drug-likeness (QED) is 0.667. The molecule has 5 heteroatoms. The number of aromatic amines is 1. The molecule has 0 fully saturated rings. The van der Waals surface area contributed by atoms with Crippen LogP contribution in [-0.2, 0) is 6.42 Å². The number of amides is 2. The fraction of sp³-hybridized carbons (Fsp3) is 0.211. The standard InChI is InChI=1S/C19H21N3O2/c1-13-11-15(7-8-18(13)24-2)22-19(23)20-10-9-14-12-21-17-6-4-3-5-16(14)17/h3-8,11-12,21H,9-10H2,1-2H3,(H2,20,22,23). The van der Waals surface area contributed by atoms with E-state index in [1.165, 1.54) is 10.9 Å². The lowest BCUT2D eigenvalue weighted by atomic mass is 10.1. The number of aryl methyl sites for hydroxylation is 1. The van der Waals surface area contributed by atoms with Crippen LogP contribution in [0.1, 0.15) is 11.1 Å². The average molecular weight is 323 g/mol. The number of para-hydroxylation sites is 1. The van der Waals surface area contributed by atoms with E-state index < -0.39 is 0 Å². The van der Waals surface area contributed by atoms with E-state index in [0.717, 1.165) is 28.9 Å². The number of ether oxygens (including phenoxy) is 1. The molecule has 2 aromatic carbocycles. The number of benzene rings is 2. The molecule has 0 bridgehead atoms. The topological polar surface area (TPSA) is 66.2 Å². The highest BCUT2D eigenvalue weighted by molar-refractivity contribution is 5.89. The molecule has 0 saturated carbocycles. The molecular formula is C19H21N3O2. The summed E-state index contributed by atoms with van der Waals surface area (Å²) >= 11 is 0. The number of carbonyl (C=O) groups excluding carboxylic acids is 1. The molecule has 0 atom stereocenters. The number of aromatic nitrogens is 1. The van der Waals surface area contributed by atoms with Gasteiger partial charge in [-0.2, -0.15) is 0 Å². The van der Waals surface area contributed by atoms with Crippen LogP contribution in [0.2, 0.25) is 0 Å². The number of urea groups is 1. The van der Waals surface area contributed by atoms with Crippen LogP contribution in [0.15, 0.2) is 48.7 Å². The molecule has 1 aromatic heterocycles. The van der Waals surface area contributed by atoms with Crippen LogP contribution < -0.4 is 15.4 Å². The molecule has 0 saturated heterocycles. The summed E-state index contributed by atoms with van der Waals surface area (Å²) < 4.78 is 5.22. The summed E-state index contributed by atoms with van der Waals surface area (Å²) in [5, 5.41) is 6.92. The van der Waals surface area contributed by atoms with Crippen molar-refractivity contribution < 1.29 is 9.53 Å². The number of fused-ring (bicyclic) bond motifs is 1. The Morgan fingerprint density at radius 1 is 1.21 bits per heavy atom. The van der Waals surface area contributed by atoms with Crippen molar-refractivity contribution in [3.05, 3.63) is 59.8 Å². The van der Waals surface area contributed by atoms with E-state index in [1.54, 1.807) is 7.11 Å². The van der Waals surface area contributed by atoms with E-state index >= 15 is 0 Å². The van der Waals surface area contributed by atoms with Gasteiger partial charge in [-0.1, -0.05) is 18.2 Å². The number of methoxy groups -OCH3 is 1. The lowest BCUT2D eigenvalue weighted by Crippen LogP contribution is -2.30. The SMILES string of the molecule is COc1ccc(NC(=O)NCCc2c[nH]c3ccccc23)cc1C. The number of anilines is 1. The zero-order valence-electron chi connectivity index (χ0n) is 13.8. The Morgan fingerprint density at radius 2 is 2.04 bits per heavy atom. The predicted molar refractivity (Wildman–Crippen MR) is 96.8 cm³/mol. The highest BCUT2D eigenvalue weighted by Gasteiger charge is 2.06. The van der Waals surface area contributed by atoms with Gasteiger partial charge in [0.2, 0.25) is 0 Å². The molecule has 0 unspecified atom stereocenters. The van der Waals surface area contributed by atoms with Gasteiger partial charge in [-0.15, -0.1) is 0 Å². The van der Waals surface area contributed by atoms with Crippen molar-refractivity contribution in [1.82, 2.24) is 10.3 Å². The molecule has 3 N–H and O–H groups in total. The number of rotatable bonds is 5. The second-order valence-electron chi connectivity index (χ2n) is 5.67. The largest absolute Gasteiger partial charge is 0.496 e. The number of carbonyl (C=O) groups is 1. The molecule has 5 nitrogen and oxygen atoms in total. The van der Waals surface area contributed by atoms with Crippen molar-refractivity contribution in [2.75, 3.05) is 19.0 Å². The monoisotopic (exact) mass is 323 g/mol. The lowest BCUT2D eigenvalue weighted by Gasteiger charge is -2.10. The molecule has 0 spiro atoms. The van der Waals surface area contributed by atoms with Crippen LogP contribution in [-0.4, -0.2) is 24.7 Å². The van der Waals surface area contributed by atoms with Crippen molar-refractivity contribution >= 4 is 22.6 Å². The van der Waals surface area contributed by atoms with Crippen LogP contribution >= 0.6 is 0 Å². The van der Waals surface area contributed by atoms with Gasteiger partial charge in [0.05, 0.1) is 7.11 Å².